The van der Waals surface area contributed by atoms with Gasteiger partial charge in [0.25, 0.3) is 0 Å². The van der Waals surface area contributed by atoms with Crippen molar-refractivity contribution in [3.05, 3.63) is 24.3 Å². The Balaban J connectivity index is 1.71. The van der Waals surface area contributed by atoms with Crippen molar-refractivity contribution in [3.63, 3.8) is 0 Å². The van der Waals surface area contributed by atoms with Crippen LogP contribution >= 0.6 is 11.8 Å². The van der Waals surface area contributed by atoms with Gasteiger partial charge in [0.2, 0.25) is 5.91 Å². The van der Waals surface area contributed by atoms with Crippen molar-refractivity contribution in [1.29, 1.82) is 0 Å². The number of carbonyl (C=O) groups excluding carboxylic acids is 1. The minimum Gasteiger partial charge on any atom is -0.372 e. The molecule has 0 aliphatic carbocycles. The van der Waals surface area contributed by atoms with Gasteiger partial charge in [-0.05, 0) is 38.3 Å². The summed E-state index contributed by atoms with van der Waals surface area (Å²) >= 11 is 1.55. The van der Waals surface area contributed by atoms with Gasteiger partial charge in [0, 0.05) is 19.6 Å². The first-order chi connectivity index (χ1) is 12.4. The van der Waals surface area contributed by atoms with Crippen LogP contribution in [0.25, 0.3) is 11.0 Å². The number of hydrogen-bond donors (Lipinski definition) is 0. The largest absolute Gasteiger partial charge is 0.372 e. The number of ether oxygens (including phenoxy) is 1. The number of aromatic nitrogens is 2. The molecule has 1 aliphatic heterocycles. The van der Waals surface area contributed by atoms with Crippen LogP contribution in [0.1, 0.15) is 34.1 Å². The number of carbonyl (C=O) groups is 1. The zero-order chi connectivity index (χ0) is 18.7. The number of nitrogens with zero attached hydrogens (tertiary/aromatic N) is 3. The highest BCUT2D eigenvalue weighted by molar-refractivity contribution is 7.99. The molecular weight excluding hydrogens is 346 g/mol. The quantitative estimate of drug-likeness (QED) is 0.721. The fourth-order valence-electron chi connectivity index (χ4n) is 3.37. The van der Waals surface area contributed by atoms with Crippen molar-refractivity contribution in [1.82, 2.24) is 14.5 Å². The smallest absolute Gasteiger partial charge is 0.233 e. The topological polar surface area (TPSA) is 47.4 Å². The summed E-state index contributed by atoms with van der Waals surface area (Å²) < 4.78 is 7.99. The zero-order valence-corrected chi connectivity index (χ0v) is 17.0. The summed E-state index contributed by atoms with van der Waals surface area (Å²) in [6.45, 7) is 10.8. The van der Waals surface area contributed by atoms with Gasteiger partial charge in [-0.15, -0.1) is 0 Å². The number of morpholine rings is 1. The van der Waals surface area contributed by atoms with Gasteiger partial charge in [-0.1, -0.05) is 37.7 Å². The maximum Gasteiger partial charge on any atom is 0.233 e. The third kappa shape index (κ3) is 4.60. The number of rotatable bonds is 6. The summed E-state index contributed by atoms with van der Waals surface area (Å²) in [4.78, 5) is 19.4. The predicted octanol–water partition coefficient (Wildman–Crippen LogP) is 3.81. The molecule has 1 aromatic carbocycles. The summed E-state index contributed by atoms with van der Waals surface area (Å²) in [5.74, 6) is 1.22. The van der Waals surface area contributed by atoms with Crippen molar-refractivity contribution in [2.75, 3.05) is 18.8 Å². The molecule has 1 aromatic heterocycles. The van der Waals surface area contributed by atoms with E-state index in [2.05, 4.69) is 24.5 Å². The Hall–Kier alpha value is -1.53. The molecule has 0 bridgehead atoms. The lowest BCUT2D eigenvalue weighted by molar-refractivity contribution is -0.140. The minimum absolute atomic E-state index is 0.100. The average molecular weight is 376 g/mol. The molecule has 0 radical (unpaired) electrons. The van der Waals surface area contributed by atoms with Crippen LogP contribution < -0.4 is 0 Å². The van der Waals surface area contributed by atoms with Gasteiger partial charge in [-0.25, -0.2) is 4.98 Å². The summed E-state index contributed by atoms with van der Waals surface area (Å²) in [5, 5.41) is 0.939. The molecule has 0 saturated carbocycles. The SMILES string of the molecule is CC(C)CCn1c(SCC(=O)N2C[C@@H](C)O[C@H](C)C2)nc2ccccc21. The van der Waals surface area contributed by atoms with E-state index >= 15 is 0 Å². The Morgan fingerprint density at radius 2 is 1.96 bits per heavy atom. The molecule has 2 atom stereocenters. The maximum atomic E-state index is 12.7. The van der Waals surface area contributed by atoms with E-state index in [0.717, 1.165) is 29.2 Å². The molecule has 0 N–H and O–H groups in total. The van der Waals surface area contributed by atoms with Gasteiger partial charge in [0.1, 0.15) is 0 Å². The molecule has 2 heterocycles. The van der Waals surface area contributed by atoms with E-state index in [4.69, 9.17) is 9.72 Å². The molecule has 3 rings (SSSR count). The number of amides is 1. The fraction of sp³-hybridized carbons (Fsp3) is 0.600. The molecule has 1 aliphatic rings. The van der Waals surface area contributed by atoms with Crippen molar-refractivity contribution in [2.45, 2.75) is 58.0 Å². The Morgan fingerprint density at radius 1 is 1.27 bits per heavy atom. The molecule has 142 valence electrons. The molecule has 1 amide bonds. The lowest BCUT2D eigenvalue weighted by Crippen LogP contribution is -2.48. The molecule has 5 nitrogen and oxygen atoms in total. The molecule has 0 spiro atoms. The third-order valence-corrected chi connectivity index (χ3v) is 5.61. The van der Waals surface area contributed by atoms with Crippen LogP contribution in [-0.4, -0.2) is 51.4 Å². The summed E-state index contributed by atoms with van der Waals surface area (Å²) in [7, 11) is 0. The van der Waals surface area contributed by atoms with Crippen molar-refractivity contribution < 1.29 is 9.53 Å². The van der Waals surface area contributed by atoms with E-state index in [1.165, 1.54) is 0 Å². The van der Waals surface area contributed by atoms with Gasteiger partial charge in [0.05, 0.1) is 29.0 Å². The second-order valence-corrected chi connectivity index (χ2v) is 8.50. The van der Waals surface area contributed by atoms with Gasteiger partial charge in [-0.2, -0.15) is 0 Å². The Morgan fingerprint density at radius 3 is 2.65 bits per heavy atom. The van der Waals surface area contributed by atoms with Crippen LogP contribution in [0, 0.1) is 5.92 Å². The van der Waals surface area contributed by atoms with E-state index in [9.17, 15) is 4.79 Å². The average Bonchev–Trinajstić information content (AvgIpc) is 2.94. The first-order valence-electron chi connectivity index (χ1n) is 9.45. The van der Waals surface area contributed by atoms with Gasteiger partial charge in [0.15, 0.2) is 5.16 Å². The number of para-hydroxylation sites is 2. The summed E-state index contributed by atoms with van der Waals surface area (Å²) in [6, 6.07) is 8.21. The third-order valence-electron chi connectivity index (χ3n) is 4.65. The number of hydrogen-bond acceptors (Lipinski definition) is 4. The van der Waals surface area contributed by atoms with Crippen molar-refractivity contribution in [3.8, 4) is 0 Å². The lowest BCUT2D eigenvalue weighted by Gasteiger charge is -2.35. The number of benzene rings is 1. The van der Waals surface area contributed by atoms with Crippen LogP contribution in [0.15, 0.2) is 29.4 Å². The van der Waals surface area contributed by atoms with Crippen LogP contribution in [0.3, 0.4) is 0 Å². The number of aryl methyl sites for hydroxylation is 1. The highest BCUT2D eigenvalue weighted by Crippen LogP contribution is 2.26. The predicted molar refractivity (Wildman–Crippen MR) is 107 cm³/mol. The second-order valence-electron chi connectivity index (χ2n) is 7.56. The molecule has 1 saturated heterocycles. The normalized spacial score (nSPS) is 20.9. The van der Waals surface area contributed by atoms with Crippen LogP contribution in [0.2, 0.25) is 0 Å². The van der Waals surface area contributed by atoms with Crippen molar-refractivity contribution in [2.24, 2.45) is 5.92 Å². The van der Waals surface area contributed by atoms with Crippen molar-refractivity contribution >= 4 is 28.7 Å². The number of imidazole rings is 1. The van der Waals surface area contributed by atoms with E-state index in [0.29, 0.717) is 24.8 Å². The minimum atomic E-state index is 0.100. The van der Waals surface area contributed by atoms with Gasteiger partial charge in [-0.3, -0.25) is 4.79 Å². The maximum absolute atomic E-state index is 12.7. The summed E-state index contributed by atoms with van der Waals surface area (Å²) in [5.41, 5.74) is 2.15. The molecule has 1 fully saturated rings. The van der Waals surface area contributed by atoms with Gasteiger partial charge >= 0.3 is 0 Å². The van der Waals surface area contributed by atoms with Gasteiger partial charge < -0.3 is 14.2 Å². The van der Waals surface area contributed by atoms with E-state index < -0.39 is 0 Å². The molecule has 2 aromatic rings. The van der Waals surface area contributed by atoms with Crippen LogP contribution in [0.5, 0.6) is 0 Å². The Labute approximate surface area is 160 Å². The number of thioether (sulfide) groups is 1. The van der Waals surface area contributed by atoms with E-state index in [-0.39, 0.29) is 18.1 Å². The molecular formula is C20H29N3O2S. The Kier molecular flexibility index (Phi) is 6.24. The van der Waals surface area contributed by atoms with Crippen LogP contribution in [-0.2, 0) is 16.1 Å². The summed E-state index contributed by atoms with van der Waals surface area (Å²) in [6.07, 6.45) is 1.30. The van der Waals surface area contributed by atoms with Crippen LogP contribution in [0.4, 0.5) is 0 Å². The molecule has 6 heteroatoms. The van der Waals surface area contributed by atoms with E-state index in [1.54, 1.807) is 11.8 Å². The highest BCUT2D eigenvalue weighted by atomic mass is 32.2. The number of fused-ring (bicyclic) bond motifs is 1. The molecule has 0 unspecified atom stereocenters. The van der Waals surface area contributed by atoms with E-state index in [1.807, 2.05) is 36.9 Å². The zero-order valence-electron chi connectivity index (χ0n) is 16.1. The fourth-order valence-corrected chi connectivity index (χ4v) is 4.31. The Bertz CT molecular complexity index is 749. The first kappa shape index (κ1) is 19.2. The first-order valence-corrected chi connectivity index (χ1v) is 10.4. The lowest BCUT2D eigenvalue weighted by atomic mass is 10.1. The molecule has 26 heavy (non-hydrogen) atoms. The highest BCUT2D eigenvalue weighted by Gasteiger charge is 2.26. The standard InChI is InChI=1S/C20H29N3O2S/c1-14(2)9-10-23-18-8-6-5-7-17(18)21-20(23)26-13-19(24)22-11-15(3)25-16(4)12-22/h5-8,14-16H,9-13H2,1-4H3/t15-,16-/m1/s1. The monoisotopic (exact) mass is 375 g/mol. The second kappa shape index (κ2) is 8.44.